The van der Waals surface area contributed by atoms with Gasteiger partial charge in [0.25, 0.3) is 0 Å². The summed E-state index contributed by atoms with van der Waals surface area (Å²) in [4.78, 5) is 23.9. The van der Waals surface area contributed by atoms with E-state index in [1.807, 2.05) is 30.3 Å². The zero-order valence-corrected chi connectivity index (χ0v) is 18.9. The maximum atomic E-state index is 12.4. The standard InChI is InChI=1S/C26H38O5/c1-2-3-4-5-6-7-8-9-10-14-17-23(22-20-25(28)31-26(22)29)30-24(27)19-18-21-15-12-11-13-16-21/h11-13,15-16,20,23,26,29H,2-10,14,17-19H2,1H3. The number of hydrogen-bond acceptors (Lipinski definition) is 5. The molecule has 0 fully saturated rings. The first kappa shape index (κ1) is 25.1. The molecule has 0 spiro atoms. The first-order chi connectivity index (χ1) is 15.1. The number of esters is 2. The summed E-state index contributed by atoms with van der Waals surface area (Å²) in [5.41, 5.74) is 1.43. The van der Waals surface area contributed by atoms with Crippen LogP contribution < -0.4 is 0 Å². The summed E-state index contributed by atoms with van der Waals surface area (Å²) in [7, 11) is 0. The normalized spacial score (nSPS) is 16.6. The summed E-state index contributed by atoms with van der Waals surface area (Å²) in [6, 6.07) is 9.78. The summed E-state index contributed by atoms with van der Waals surface area (Å²) >= 11 is 0. The average Bonchev–Trinajstić information content (AvgIpc) is 3.11. The van der Waals surface area contributed by atoms with Crippen LogP contribution in [-0.2, 0) is 25.5 Å². The van der Waals surface area contributed by atoms with E-state index in [9.17, 15) is 14.7 Å². The molecule has 1 aliphatic rings. The number of aliphatic hydroxyl groups excluding tert-OH is 1. The molecule has 0 aromatic heterocycles. The molecule has 1 aliphatic heterocycles. The molecule has 1 heterocycles. The van der Waals surface area contributed by atoms with Gasteiger partial charge in [0.05, 0.1) is 0 Å². The second-order valence-electron chi connectivity index (χ2n) is 8.37. The van der Waals surface area contributed by atoms with Gasteiger partial charge in [-0.1, -0.05) is 95.0 Å². The molecule has 0 saturated heterocycles. The molecular formula is C26H38O5. The SMILES string of the molecule is CCCCCCCCCCCCC(OC(=O)CCc1ccccc1)C1=CC(=O)OC1O. The number of hydrogen-bond donors (Lipinski definition) is 1. The Morgan fingerprint density at radius 2 is 1.61 bits per heavy atom. The third-order valence-corrected chi connectivity index (χ3v) is 5.72. The van der Waals surface area contributed by atoms with Gasteiger partial charge in [-0.2, -0.15) is 0 Å². The highest BCUT2D eigenvalue weighted by Crippen LogP contribution is 2.24. The third kappa shape index (κ3) is 10.1. The van der Waals surface area contributed by atoms with E-state index in [-0.39, 0.29) is 12.4 Å². The number of carbonyl (C=O) groups excluding carboxylic acids is 2. The number of benzene rings is 1. The Labute approximate surface area is 186 Å². The van der Waals surface area contributed by atoms with Crippen LogP contribution >= 0.6 is 0 Å². The van der Waals surface area contributed by atoms with Gasteiger partial charge in [-0.05, 0) is 24.8 Å². The van der Waals surface area contributed by atoms with Gasteiger partial charge in [0.1, 0.15) is 6.10 Å². The number of aliphatic hydroxyl groups is 1. The molecular weight excluding hydrogens is 392 g/mol. The van der Waals surface area contributed by atoms with Crippen molar-refractivity contribution in [3.63, 3.8) is 0 Å². The lowest BCUT2D eigenvalue weighted by atomic mass is 10.0. The number of aryl methyl sites for hydroxylation is 1. The van der Waals surface area contributed by atoms with Crippen molar-refractivity contribution in [1.29, 1.82) is 0 Å². The molecule has 0 aliphatic carbocycles. The Bertz CT molecular complexity index is 682. The number of rotatable bonds is 16. The highest BCUT2D eigenvalue weighted by Gasteiger charge is 2.32. The molecule has 1 N–H and O–H groups in total. The summed E-state index contributed by atoms with van der Waals surface area (Å²) in [6.45, 7) is 2.23. The minimum absolute atomic E-state index is 0.261. The van der Waals surface area contributed by atoms with Crippen molar-refractivity contribution in [2.45, 2.75) is 103 Å². The summed E-state index contributed by atoms with van der Waals surface area (Å²) < 4.78 is 10.5. The van der Waals surface area contributed by atoms with Gasteiger partial charge in [0.2, 0.25) is 6.29 Å². The maximum Gasteiger partial charge on any atom is 0.333 e. The van der Waals surface area contributed by atoms with Crippen LogP contribution in [0.3, 0.4) is 0 Å². The van der Waals surface area contributed by atoms with E-state index in [4.69, 9.17) is 9.47 Å². The summed E-state index contributed by atoms with van der Waals surface area (Å²) in [5.74, 6) is -0.913. The van der Waals surface area contributed by atoms with E-state index in [1.54, 1.807) is 0 Å². The Morgan fingerprint density at radius 3 is 2.19 bits per heavy atom. The number of unbranched alkanes of at least 4 members (excludes halogenated alkanes) is 9. The highest BCUT2D eigenvalue weighted by molar-refractivity contribution is 5.86. The van der Waals surface area contributed by atoms with Crippen LogP contribution in [0.1, 0.15) is 89.5 Å². The lowest BCUT2D eigenvalue weighted by Crippen LogP contribution is -2.26. The fourth-order valence-corrected chi connectivity index (χ4v) is 3.89. The first-order valence-corrected chi connectivity index (χ1v) is 11.9. The Hall–Kier alpha value is -2.14. The molecule has 1 aromatic rings. The Kier molecular flexibility index (Phi) is 12.0. The predicted octanol–water partition coefficient (Wildman–Crippen LogP) is 5.64. The lowest BCUT2D eigenvalue weighted by Gasteiger charge is -2.20. The number of cyclic esters (lactones) is 1. The molecule has 1 aromatic carbocycles. The quantitative estimate of drug-likeness (QED) is 0.271. The van der Waals surface area contributed by atoms with Gasteiger partial charge in [-0.15, -0.1) is 0 Å². The molecule has 172 valence electrons. The maximum absolute atomic E-state index is 12.4. The zero-order chi connectivity index (χ0) is 22.3. The fraction of sp³-hybridized carbons (Fsp3) is 0.615. The van der Waals surface area contributed by atoms with Crippen molar-refractivity contribution in [1.82, 2.24) is 0 Å². The molecule has 2 unspecified atom stereocenters. The molecule has 5 nitrogen and oxygen atoms in total. The van der Waals surface area contributed by atoms with Gasteiger partial charge in [0, 0.05) is 18.1 Å². The van der Waals surface area contributed by atoms with Gasteiger partial charge in [0.15, 0.2) is 0 Å². The van der Waals surface area contributed by atoms with Crippen LogP contribution in [0.25, 0.3) is 0 Å². The van der Waals surface area contributed by atoms with E-state index in [0.717, 1.165) is 24.8 Å². The van der Waals surface area contributed by atoms with Crippen molar-refractivity contribution in [2.75, 3.05) is 0 Å². The number of carbonyl (C=O) groups is 2. The monoisotopic (exact) mass is 430 g/mol. The van der Waals surface area contributed by atoms with Crippen molar-refractivity contribution in [3.8, 4) is 0 Å². The molecule has 0 saturated carbocycles. The van der Waals surface area contributed by atoms with Crippen molar-refractivity contribution < 1.29 is 24.2 Å². The molecule has 2 atom stereocenters. The summed E-state index contributed by atoms with van der Waals surface area (Å²) in [5, 5.41) is 10.0. The van der Waals surface area contributed by atoms with Crippen LogP contribution in [0.4, 0.5) is 0 Å². The molecule has 31 heavy (non-hydrogen) atoms. The highest BCUT2D eigenvalue weighted by atomic mass is 16.6. The summed E-state index contributed by atoms with van der Waals surface area (Å²) in [6.07, 6.45) is 12.9. The van der Waals surface area contributed by atoms with E-state index in [2.05, 4.69) is 6.92 Å². The van der Waals surface area contributed by atoms with Gasteiger partial charge >= 0.3 is 11.9 Å². The van der Waals surface area contributed by atoms with Crippen molar-refractivity contribution in [2.24, 2.45) is 0 Å². The zero-order valence-electron chi connectivity index (χ0n) is 18.9. The smallest absolute Gasteiger partial charge is 0.333 e. The van der Waals surface area contributed by atoms with Crippen LogP contribution in [0, 0.1) is 0 Å². The number of ether oxygens (including phenoxy) is 2. The van der Waals surface area contributed by atoms with Crippen molar-refractivity contribution in [3.05, 3.63) is 47.5 Å². The molecule has 0 bridgehead atoms. The second kappa shape index (κ2) is 14.8. The van der Waals surface area contributed by atoms with Gasteiger partial charge in [-0.25, -0.2) is 4.79 Å². The largest absolute Gasteiger partial charge is 0.458 e. The topological polar surface area (TPSA) is 72.8 Å². The second-order valence-corrected chi connectivity index (χ2v) is 8.37. The van der Waals surface area contributed by atoms with Crippen LogP contribution in [-0.4, -0.2) is 29.4 Å². The van der Waals surface area contributed by atoms with Crippen LogP contribution in [0.5, 0.6) is 0 Å². The van der Waals surface area contributed by atoms with Crippen molar-refractivity contribution >= 4 is 11.9 Å². The average molecular weight is 431 g/mol. The van der Waals surface area contributed by atoms with E-state index in [1.165, 1.54) is 51.0 Å². The van der Waals surface area contributed by atoms with E-state index >= 15 is 0 Å². The van der Waals surface area contributed by atoms with Gasteiger partial charge < -0.3 is 14.6 Å². The van der Waals surface area contributed by atoms with E-state index in [0.29, 0.717) is 18.4 Å². The molecule has 5 heteroatoms. The van der Waals surface area contributed by atoms with Crippen LogP contribution in [0.15, 0.2) is 42.0 Å². The minimum Gasteiger partial charge on any atom is -0.458 e. The molecule has 0 amide bonds. The Balaban J connectivity index is 1.72. The minimum atomic E-state index is -1.32. The van der Waals surface area contributed by atoms with Crippen LogP contribution in [0.2, 0.25) is 0 Å². The predicted molar refractivity (Wildman–Crippen MR) is 121 cm³/mol. The molecule has 2 rings (SSSR count). The third-order valence-electron chi connectivity index (χ3n) is 5.72. The van der Waals surface area contributed by atoms with Gasteiger partial charge in [-0.3, -0.25) is 4.79 Å². The fourth-order valence-electron chi connectivity index (χ4n) is 3.89. The first-order valence-electron chi connectivity index (χ1n) is 11.9. The lowest BCUT2D eigenvalue weighted by molar-refractivity contribution is -0.154. The Morgan fingerprint density at radius 1 is 1.00 bits per heavy atom. The molecule has 0 radical (unpaired) electrons. The van der Waals surface area contributed by atoms with E-state index < -0.39 is 18.4 Å².